The van der Waals surface area contributed by atoms with Crippen molar-refractivity contribution in [3.63, 3.8) is 0 Å². The van der Waals surface area contributed by atoms with Crippen molar-refractivity contribution in [1.82, 2.24) is 10.2 Å². The van der Waals surface area contributed by atoms with Crippen LogP contribution in [0.5, 0.6) is 5.75 Å². The molecule has 0 aliphatic carbocycles. The van der Waals surface area contributed by atoms with Gasteiger partial charge in [-0.2, -0.15) is 0 Å². The van der Waals surface area contributed by atoms with E-state index in [0.717, 1.165) is 31.6 Å². The molecule has 0 unspecified atom stereocenters. The summed E-state index contributed by atoms with van der Waals surface area (Å²) in [6.45, 7) is 6.21. The van der Waals surface area contributed by atoms with E-state index >= 15 is 0 Å². The summed E-state index contributed by atoms with van der Waals surface area (Å²) in [5, 5.41) is 6.12. The van der Waals surface area contributed by atoms with Gasteiger partial charge in [0.25, 0.3) is 5.91 Å². The Labute approximate surface area is 184 Å². The fraction of sp³-hybridized carbons (Fsp3) is 0.435. The summed E-state index contributed by atoms with van der Waals surface area (Å²) in [5.41, 5.74) is 1.35. The molecule has 1 fully saturated rings. The molecule has 0 bridgehead atoms. The zero-order valence-corrected chi connectivity index (χ0v) is 19.2. The quantitative estimate of drug-likeness (QED) is 0.615. The molecule has 8 heteroatoms. The number of hydrogen-bond acceptors (Lipinski definition) is 6. The number of nitrogens with zero attached hydrogens (tertiary/aromatic N) is 1. The molecule has 2 aromatic rings. The van der Waals surface area contributed by atoms with Crippen LogP contribution in [0, 0.1) is 0 Å². The summed E-state index contributed by atoms with van der Waals surface area (Å²) in [7, 11) is -2.11. The Hall–Kier alpha value is -2.58. The third-order valence-electron chi connectivity index (χ3n) is 5.72. The summed E-state index contributed by atoms with van der Waals surface area (Å²) in [5.74, 6) is -0.0828. The zero-order valence-electron chi connectivity index (χ0n) is 18.3. The van der Waals surface area contributed by atoms with Gasteiger partial charge in [-0.3, -0.25) is 9.69 Å². The molecule has 0 spiro atoms. The van der Waals surface area contributed by atoms with Gasteiger partial charge in [0.05, 0.1) is 29.0 Å². The van der Waals surface area contributed by atoms with E-state index in [0.29, 0.717) is 24.0 Å². The molecule has 1 aliphatic rings. The van der Waals surface area contributed by atoms with E-state index in [1.54, 1.807) is 13.0 Å². The molecule has 1 atom stereocenters. The Bertz CT molecular complexity index is 1010. The lowest BCUT2D eigenvalue weighted by atomic mass is 10.1. The Kier molecular flexibility index (Phi) is 7.56. The van der Waals surface area contributed by atoms with Crippen LogP contribution in [0.4, 0.5) is 11.4 Å². The number of nitrogens with one attached hydrogen (secondary N) is 2. The molecule has 7 nitrogen and oxygen atoms in total. The maximum absolute atomic E-state index is 13.0. The number of hydrogen-bond donors (Lipinski definition) is 2. The highest BCUT2D eigenvalue weighted by Gasteiger charge is 2.26. The molecule has 168 valence electrons. The summed E-state index contributed by atoms with van der Waals surface area (Å²) in [4.78, 5) is 15.4. The number of amides is 1. The van der Waals surface area contributed by atoms with E-state index < -0.39 is 9.84 Å². The second kappa shape index (κ2) is 10.2. The first-order valence-electron chi connectivity index (χ1n) is 10.7. The number of likely N-dealkylation sites (tertiary alicyclic amines) is 1. The normalized spacial score (nSPS) is 16.8. The van der Waals surface area contributed by atoms with Crippen LogP contribution in [0.25, 0.3) is 0 Å². The van der Waals surface area contributed by atoms with E-state index in [1.807, 2.05) is 30.3 Å². The molecular weight excluding hydrogens is 414 g/mol. The summed E-state index contributed by atoms with van der Waals surface area (Å²) < 4.78 is 31.1. The van der Waals surface area contributed by atoms with Gasteiger partial charge >= 0.3 is 0 Å². The third kappa shape index (κ3) is 5.37. The van der Waals surface area contributed by atoms with Crippen molar-refractivity contribution in [3.05, 3.63) is 48.0 Å². The largest absolute Gasteiger partial charge is 0.496 e. The number of sulfone groups is 1. The first-order chi connectivity index (χ1) is 14.9. The van der Waals surface area contributed by atoms with Crippen LogP contribution in [-0.4, -0.2) is 57.8 Å². The Morgan fingerprint density at radius 3 is 2.58 bits per heavy atom. The topological polar surface area (TPSA) is 87.7 Å². The fourth-order valence-electron chi connectivity index (χ4n) is 3.94. The molecule has 1 aliphatic heterocycles. The molecule has 3 rings (SSSR count). The lowest BCUT2D eigenvalue weighted by Gasteiger charge is -2.23. The standard InChI is InChI=1S/C23H31N3O4S/c1-4-26-13-9-12-18(26)16-24-23(27)19-14-22(31(28,29)5-2)20(15-21(19)30-3)25-17-10-7-6-8-11-17/h6-8,10-11,14-15,18,25H,4-5,9,12-13,16H2,1-3H3,(H,24,27)/t18-/m0/s1. The molecule has 2 aromatic carbocycles. The first-order valence-corrected chi connectivity index (χ1v) is 12.3. The lowest BCUT2D eigenvalue weighted by molar-refractivity contribution is 0.0938. The number of para-hydroxylation sites is 1. The van der Waals surface area contributed by atoms with Crippen molar-refractivity contribution in [2.45, 2.75) is 37.6 Å². The van der Waals surface area contributed by atoms with Gasteiger partial charge in [0.1, 0.15) is 5.75 Å². The number of benzene rings is 2. The predicted octanol–water partition coefficient (Wildman–Crippen LogP) is 3.45. The molecule has 31 heavy (non-hydrogen) atoms. The van der Waals surface area contributed by atoms with Gasteiger partial charge in [-0.25, -0.2) is 8.42 Å². The minimum absolute atomic E-state index is 0.0720. The minimum atomic E-state index is -3.58. The number of likely N-dealkylation sites (N-methyl/N-ethyl adjacent to an activating group) is 1. The average molecular weight is 446 g/mol. The zero-order chi connectivity index (χ0) is 22.4. The van der Waals surface area contributed by atoms with Crippen LogP contribution in [-0.2, 0) is 9.84 Å². The molecule has 1 heterocycles. The molecular formula is C23H31N3O4S. The van der Waals surface area contributed by atoms with Crippen LogP contribution in [0.3, 0.4) is 0 Å². The van der Waals surface area contributed by atoms with Crippen molar-refractivity contribution < 1.29 is 17.9 Å². The highest BCUT2D eigenvalue weighted by atomic mass is 32.2. The number of methoxy groups -OCH3 is 1. The van der Waals surface area contributed by atoms with Crippen molar-refractivity contribution in [3.8, 4) is 5.75 Å². The van der Waals surface area contributed by atoms with Crippen molar-refractivity contribution >= 4 is 27.1 Å². The summed E-state index contributed by atoms with van der Waals surface area (Å²) in [6, 6.07) is 12.6. The minimum Gasteiger partial charge on any atom is -0.496 e. The first kappa shape index (κ1) is 23.1. The predicted molar refractivity (Wildman–Crippen MR) is 123 cm³/mol. The Balaban J connectivity index is 1.92. The highest BCUT2D eigenvalue weighted by molar-refractivity contribution is 7.91. The van der Waals surface area contributed by atoms with Crippen molar-refractivity contribution in [2.75, 3.05) is 37.8 Å². The fourth-order valence-corrected chi connectivity index (χ4v) is 5.00. The van der Waals surface area contributed by atoms with Gasteiger partial charge < -0.3 is 15.4 Å². The number of ether oxygens (including phenoxy) is 1. The lowest BCUT2D eigenvalue weighted by Crippen LogP contribution is -2.40. The molecule has 0 aromatic heterocycles. The number of carbonyl (C=O) groups is 1. The van der Waals surface area contributed by atoms with Gasteiger partial charge in [0.2, 0.25) is 0 Å². The third-order valence-corrected chi connectivity index (χ3v) is 7.49. The van der Waals surface area contributed by atoms with E-state index in [1.165, 1.54) is 13.2 Å². The second-order valence-corrected chi connectivity index (χ2v) is 9.82. The van der Waals surface area contributed by atoms with Gasteiger partial charge in [0, 0.05) is 24.3 Å². The summed E-state index contributed by atoms with van der Waals surface area (Å²) >= 11 is 0. The summed E-state index contributed by atoms with van der Waals surface area (Å²) in [6.07, 6.45) is 2.16. The SMILES string of the molecule is CCN1CCC[C@H]1CNC(=O)c1cc(S(=O)(=O)CC)c(Nc2ccccc2)cc1OC. The maximum atomic E-state index is 13.0. The molecule has 1 amide bonds. The monoisotopic (exact) mass is 445 g/mol. The van der Waals surface area contributed by atoms with Crippen LogP contribution in [0.2, 0.25) is 0 Å². The van der Waals surface area contributed by atoms with Crippen molar-refractivity contribution in [1.29, 1.82) is 0 Å². The highest BCUT2D eigenvalue weighted by Crippen LogP contribution is 2.33. The molecule has 2 N–H and O–H groups in total. The second-order valence-electron chi connectivity index (χ2n) is 7.58. The number of anilines is 2. The van der Waals surface area contributed by atoms with E-state index in [-0.39, 0.29) is 22.1 Å². The maximum Gasteiger partial charge on any atom is 0.255 e. The molecule has 1 saturated heterocycles. The smallest absolute Gasteiger partial charge is 0.255 e. The molecule has 0 radical (unpaired) electrons. The van der Waals surface area contributed by atoms with Crippen molar-refractivity contribution in [2.24, 2.45) is 0 Å². The van der Waals surface area contributed by atoms with Gasteiger partial charge in [-0.15, -0.1) is 0 Å². The van der Waals surface area contributed by atoms with E-state index in [9.17, 15) is 13.2 Å². The van der Waals surface area contributed by atoms with Crippen LogP contribution in [0.15, 0.2) is 47.4 Å². The Morgan fingerprint density at radius 2 is 1.94 bits per heavy atom. The average Bonchev–Trinajstić information content (AvgIpc) is 3.25. The van der Waals surface area contributed by atoms with E-state index in [4.69, 9.17) is 4.74 Å². The number of rotatable bonds is 9. The molecule has 0 saturated carbocycles. The van der Waals surface area contributed by atoms with Crippen LogP contribution < -0.4 is 15.4 Å². The van der Waals surface area contributed by atoms with E-state index in [2.05, 4.69) is 22.5 Å². The van der Waals surface area contributed by atoms with Gasteiger partial charge in [0.15, 0.2) is 9.84 Å². The van der Waals surface area contributed by atoms with Gasteiger partial charge in [-0.05, 0) is 44.1 Å². The van der Waals surface area contributed by atoms with Gasteiger partial charge in [-0.1, -0.05) is 32.0 Å². The number of carbonyl (C=O) groups excluding carboxylic acids is 1. The van der Waals surface area contributed by atoms with Crippen LogP contribution in [0.1, 0.15) is 37.0 Å². The Morgan fingerprint density at radius 1 is 1.19 bits per heavy atom. The van der Waals surface area contributed by atoms with Crippen LogP contribution >= 0.6 is 0 Å².